The first kappa shape index (κ1) is 24.3. The van der Waals surface area contributed by atoms with Gasteiger partial charge in [-0.05, 0) is 62.5 Å². The summed E-state index contributed by atoms with van der Waals surface area (Å²) in [5, 5.41) is 12.7. The molecule has 0 radical (unpaired) electrons. The monoisotopic (exact) mass is 484 g/mol. The second-order valence-corrected chi connectivity index (χ2v) is 11.4. The van der Waals surface area contributed by atoms with Gasteiger partial charge in [-0.15, -0.1) is 0 Å². The van der Waals surface area contributed by atoms with Crippen LogP contribution in [-0.4, -0.2) is 70.2 Å². The Morgan fingerprint density at radius 1 is 1.00 bits per heavy atom. The van der Waals surface area contributed by atoms with Gasteiger partial charge in [0.05, 0.1) is 0 Å². The molecule has 0 spiro atoms. The Morgan fingerprint density at radius 2 is 1.83 bits per heavy atom. The SMILES string of the molecule is O=C(O)C[C@@H]1CCN(C(=O)NC2CCCCC2)C[C@H]1CCN1C[C@H]2C[C@H](C1)c1cccc(=O)n1C2. The fourth-order valence-electron chi connectivity index (χ4n) is 7.12. The van der Waals surface area contributed by atoms with E-state index in [2.05, 4.69) is 16.3 Å². The van der Waals surface area contributed by atoms with E-state index in [-0.39, 0.29) is 35.9 Å². The fraction of sp³-hybridized carbons (Fsp3) is 0.741. The number of likely N-dealkylation sites (tertiary alicyclic amines) is 2. The zero-order valence-corrected chi connectivity index (χ0v) is 20.7. The molecule has 1 saturated carbocycles. The maximum absolute atomic E-state index is 13.0. The van der Waals surface area contributed by atoms with Crippen molar-refractivity contribution in [1.29, 1.82) is 0 Å². The molecule has 3 aliphatic heterocycles. The standard InChI is InChI=1S/C27H40N4O4/c32-25-8-4-7-24-22-13-19(16-31(24)25)15-29(17-22)11-9-21-18-30(12-10-20(21)14-26(33)34)27(35)28-23-5-2-1-3-6-23/h4,7-8,19-23H,1-3,5-6,9-18H2,(H,28,35)(H,33,34)/t19-,20+,21-,22-/m1/s1. The molecule has 1 aliphatic carbocycles. The van der Waals surface area contributed by atoms with Gasteiger partial charge in [-0.2, -0.15) is 0 Å². The first-order valence-electron chi connectivity index (χ1n) is 13.7. The molecule has 8 heteroatoms. The van der Waals surface area contributed by atoms with E-state index < -0.39 is 5.97 Å². The Bertz CT molecular complexity index is 972. The summed E-state index contributed by atoms with van der Waals surface area (Å²) in [6.07, 6.45) is 8.76. The number of urea groups is 1. The highest BCUT2D eigenvalue weighted by atomic mass is 16.4. The Kier molecular flexibility index (Phi) is 7.46. The van der Waals surface area contributed by atoms with Gasteiger partial charge in [0.15, 0.2) is 0 Å². The van der Waals surface area contributed by atoms with Gasteiger partial charge in [-0.3, -0.25) is 9.59 Å². The topological polar surface area (TPSA) is 94.9 Å². The summed E-state index contributed by atoms with van der Waals surface area (Å²) >= 11 is 0. The molecular formula is C27H40N4O4. The van der Waals surface area contributed by atoms with Crippen molar-refractivity contribution in [1.82, 2.24) is 19.7 Å². The maximum Gasteiger partial charge on any atom is 0.317 e. The average molecular weight is 485 g/mol. The van der Waals surface area contributed by atoms with Crippen LogP contribution < -0.4 is 10.9 Å². The number of hydrogen-bond donors (Lipinski definition) is 2. The van der Waals surface area contributed by atoms with Gasteiger partial charge in [-0.1, -0.05) is 25.3 Å². The van der Waals surface area contributed by atoms with E-state index in [9.17, 15) is 19.5 Å². The van der Waals surface area contributed by atoms with E-state index in [1.165, 1.54) is 19.3 Å². The van der Waals surface area contributed by atoms with Crippen LogP contribution in [0.4, 0.5) is 4.79 Å². The molecule has 2 amide bonds. The number of carbonyl (C=O) groups excluding carboxylic acids is 1. The molecule has 192 valence electrons. The third-order valence-electron chi connectivity index (χ3n) is 8.92. The number of hydrogen-bond acceptors (Lipinski definition) is 4. The number of rotatable bonds is 6. The molecule has 4 atom stereocenters. The molecule has 5 rings (SSSR count). The number of carbonyl (C=O) groups is 2. The van der Waals surface area contributed by atoms with Crippen molar-refractivity contribution < 1.29 is 14.7 Å². The Morgan fingerprint density at radius 3 is 2.63 bits per heavy atom. The number of piperidine rings is 2. The van der Waals surface area contributed by atoms with Gasteiger partial charge in [-0.25, -0.2) is 4.79 Å². The van der Waals surface area contributed by atoms with Crippen LogP contribution >= 0.6 is 0 Å². The summed E-state index contributed by atoms with van der Waals surface area (Å²) < 4.78 is 1.96. The lowest BCUT2D eigenvalue weighted by Crippen LogP contribution is -2.52. The predicted molar refractivity (Wildman–Crippen MR) is 133 cm³/mol. The second-order valence-electron chi connectivity index (χ2n) is 11.4. The zero-order valence-electron chi connectivity index (χ0n) is 20.7. The van der Waals surface area contributed by atoms with Crippen molar-refractivity contribution in [3.8, 4) is 0 Å². The summed E-state index contributed by atoms with van der Waals surface area (Å²) in [4.78, 5) is 41.3. The number of amides is 2. The Hall–Kier alpha value is -2.35. The number of pyridine rings is 1. The van der Waals surface area contributed by atoms with Crippen molar-refractivity contribution in [2.45, 2.75) is 76.3 Å². The molecule has 2 N–H and O–H groups in total. The molecule has 4 aliphatic rings. The number of carboxylic acid groups (broad SMARTS) is 1. The normalized spacial score (nSPS) is 29.4. The van der Waals surface area contributed by atoms with Crippen LogP contribution in [0.5, 0.6) is 0 Å². The average Bonchev–Trinajstić information content (AvgIpc) is 2.84. The van der Waals surface area contributed by atoms with Crippen molar-refractivity contribution in [2.24, 2.45) is 17.8 Å². The van der Waals surface area contributed by atoms with Crippen LogP contribution in [0, 0.1) is 17.8 Å². The molecular weight excluding hydrogens is 444 g/mol. The summed E-state index contributed by atoms with van der Waals surface area (Å²) in [5.41, 5.74) is 1.27. The molecule has 35 heavy (non-hydrogen) atoms. The number of nitrogens with one attached hydrogen (secondary N) is 1. The van der Waals surface area contributed by atoms with E-state index in [1.54, 1.807) is 6.07 Å². The molecule has 2 bridgehead atoms. The Labute approximate surface area is 207 Å². The molecule has 0 aromatic carbocycles. The predicted octanol–water partition coefficient (Wildman–Crippen LogP) is 3.11. The van der Waals surface area contributed by atoms with E-state index in [1.807, 2.05) is 15.5 Å². The summed E-state index contributed by atoms with van der Waals surface area (Å²) in [7, 11) is 0. The lowest BCUT2D eigenvalue weighted by molar-refractivity contribution is -0.139. The van der Waals surface area contributed by atoms with Crippen LogP contribution in [0.1, 0.15) is 69.4 Å². The molecule has 0 unspecified atom stereocenters. The fourth-order valence-corrected chi connectivity index (χ4v) is 7.12. The molecule has 8 nitrogen and oxygen atoms in total. The third kappa shape index (κ3) is 5.74. The minimum Gasteiger partial charge on any atom is -0.481 e. The van der Waals surface area contributed by atoms with Gasteiger partial charge < -0.3 is 24.8 Å². The zero-order chi connectivity index (χ0) is 24.4. The van der Waals surface area contributed by atoms with Gasteiger partial charge in [0, 0.05) is 62.9 Å². The maximum atomic E-state index is 13.0. The third-order valence-corrected chi connectivity index (χ3v) is 8.92. The van der Waals surface area contributed by atoms with Crippen molar-refractivity contribution in [3.63, 3.8) is 0 Å². The van der Waals surface area contributed by atoms with Crippen LogP contribution in [-0.2, 0) is 11.3 Å². The van der Waals surface area contributed by atoms with E-state index in [4.69, 9.17) is 0 Å². The van der Waals surface area contributed by atoms with E-state index >= 15 is 0 Å². The number of aliphatic carboxylic acids is 1. The highest BCUT2D eigenvalue weighted by molar-refractivity contribution is 5.74. The van der Waals surface area contributed by atoms with Crippen LogP contribution in [0.2, 0.25) is 0 Å². The molecule has 2 saturated heterocycles. The van der Waals surface area contributed by atoms with Crippen molar-refractivity contribution >= 4 is 12.0 Å². The number of carboxylic acids is 1. The highest BCUT2D eigenvalue weighted by Gasteiger charge is 2.37. The highest BCUT2D eigenvalue weighted by Crippen LogP contribution is 2.36. The lowest BCUT2D eigenvalue weighted by atomic mass is 9.80. The Balaban J connectivity index is 1.20. The number of nitrogens with zero attached hydrogens (tertiary/aromatic N) is 3. The first-order chi connectivity index (χ1) is 17.0. The van der Waals surface area contributed by atoms with Crippen LogP contribution in [0.25, 0.3) is 0 Å². The van der Waals surface area contributed by atoms with E-state index in [0.717, 1.165) is 64.0 Å². The van der Waals surface area contributed by atoms with Crippen LogP contribution in [0.15, 0.2) is 23.0 Å². The summed E-state index contributed by atoms with van der Waals surface area (Å²) in [6, 6.07) is 5.95. The number of fused-ring (bicyclic) bond motifs is 4. The van der Waals surface area contributed by atoms with Gasteiger partial charge in [0.1, 0.15) is 0 Å². The summed E-state index contributed by atoms with van der Waals surface area (Å²) in [5.74, 6) is 0.453. The number of aromatic nitrogens is 1. The minimum atomic E-state index is -0.741. The smallest absolute Gasteiger partial charge is 0.317 e. The quantitative estimate of drug-likeness (QED) is 0.647. The summed E-state index contributed by atoms with van der Waals surface area (Å²) in [6.45, 7) is 4.94. The van der Waals surface area contributed by atoms with E-state index in [0.29, 0.717) is 24.9 Å². The van der Waals surface area contributed by atoms with Crippen LogP contribution in [0.3, 0.4) is 0 Å². The van der Waals surface area contributed by atoms with Gasteiger partial charge in [0.25, 0.3) is 5.56 Å². The molecule has 1 aromatic rings. The lowest BCUT2D eigenvalue weighted by Gasteiger charge is -2.44. The molecule has 3 fully saturated rings. The first-order valence-corrected chi connectivity index (χ1v) is 13.7. The second kappa shape index (κ2) is 10.7. The molecule has 1 aromatic heterocycles. The minimum absolute atomic E-state index is 0.0326. The van der Waals surface area contributed by atoms with Crippen molar-refractivity contribution in [2.75, 3.05) is 32.7 Å². The van der Waals surface area contributed by atoms with Crippen molar-refractivity contribution in [3.05, 3.63) is 34.2 Å². The largest absolute Gasteiger partial charge is 0.481 e. The molecule has 4 heterocycles. The van der Waals surface area contributed by atoms with Gasteiger partial charge in [0.2, 0.25) is 0 Å². The van der Waals surface area contributed by atoms with Gasteiger partial charge >= 0.3 is 12.0 Å².